The number of hydrogen-bond acceptors (Lipinski definition) is 4. The van der Waals surface area contributed by atoms with Crippen LogP contribution in [0.15, 0.2) is 12.2 Å². The van der Waals surface area contributed by atoms with Gasteiger partial charge in [-0.2, -0.15) is 0 Å². The number of nitrogens with zero attached hydrogens (tertiary/aromatic N) is 1. The summed E-state index contributed by atoms with van der Waals surface area (Å²) in [5.41, 5.74) is 0.498. The van der Waals surface area contributed by atoms with Crippen LogP contribution in [0.5, 0.6) is 0 Å². The molecule has 108 valence electrons. The molecule has 2 atom stereocenters. The maximum absolute atomic E-state index is 11.9. The smallest absolute Gasteiger partial charge is 0.347 e. The van der Waals surface area contributed by atoms with E-state index in [0.717, 1.165) is 24.2 Å². The Morgan fingerprint density at radius 2 is 2.35 bits per heavy atom. The van der Waals surface area contributed by atoms with Gasteiger partial charge in [-0.25, -0.2) is 9.78 Å². The van der Waals surface area contributed by atoms with Crippen molar-refractivity contribution in [3.05, 3.63) is 27.7 Å². The predicted octanol–water partition coefficient (Wildman–Crippen LogP) is 2.68. The first-order valence-electron chi connectivity index (χ1n) is 6.64. The minimum absolute atomic E-state index is 0.0150. The summed E-state index contributed by atoms with van der Waals surface area (Å²) in [6, 6.07) is -0.260. The van der Waals surface area contributed by atoms with Gasteiger partial charge in [0.05, 0.1) is 11.7 Å². The van der Waals surface area contributed by atoms with Gasteiger partial charge in [0.2, 0.25) is 5.91 Å². The van der Waals surface area contributed by atoms with Crippen LogP contribution >= 0.6 is 11.3 Å². The Morgan fingerprint density at radius 3 is 2.90 bits per heavy atom. The van der Waals surface area contributed by atoms with Crippen LogP contribution < -0.4 is 5.32 Å². The van der Waals surface area contributed by atoms with Gasteiger partial charge in [0.25, 0.3) is 0 Å². The summed E-state index contributed by atoms with van der Waals surface area (Å²) in [4.78, 5) is 27.4. The van der Waals surface area contributed by atoms with Gasteiger partial charge in [-0.1, -0.05) is 12.2 Å². The van der Waals surface area contributed by atoms with E-state index >= 15 is 0 Å². The summed E-state index contributed by atoms with van der Waals surface area (Å²) in [7, 11) is 0. The first-order chi connectivity index (χ1) is 9.47. The molecular formula is C14H18N2O3S. The monoisotopic (exact) mass is 294 g/mol. The van der Waals surface area contributed by atoms with Gasteiger partial charge in [-0.15, -0.1) is 11.3 Å². The number of hydrogen-bond donors (Lipinski definition) is 2. The zero-order valence-corrected chi connectivity index (χ0v) is 12.4. The molecular weight excluding hydrogens is 276 g/mol. The summed E-state index contributed by atoms with van der Waals surface area (Å²) < 4.78 is 0. The van der Waals surface area contributed by atoms with Crippen molar-refractivity contribution in [2.45, 2.75) is 39.2 Å². The van der Waals surface area contributed by atoms with E-state index in [-0.39, 0.29) is 16.8 Å². The van der Waals surface area contributed by atoms with Crippen LogP contribution in [0.2, 0.25) is 0 Å². The van der Waals surface area contributed by atoms with Crippen LogP contribution in [0, 0.1) is 12.8 Å². The largest absolute Gasteiger partial charge is 0.477 e. The molecule has 2 rings (SSSR count). The van der Waals surface area contributed by atoms with Crippen molar-refractivity contribution < 1.29 is 14.7 Å². The van der Waals surface area contributed by atoms with Crippen molar-refractivity contribution >= 4 is 23.2 Å². The van der Waals surface area contributed by atoms with Crippen LogP contribution in [-0.2, 0) is 4.79 Å². The maximum atomic E-state index is 11.9. The Hall–Kier alpha value is -1.69. The number of carbonyl (C=O) groups is 2. The highest BCUT2D eigenvalue weighted by Gasteiger charge is 2.20. The van der Waals surface area contributed by atoms with E-state index in [1.165, 1.54) is 0 Å². The van der Waals surface area contributed by atoms with Gasteiger partial charge in [0.15, 0.2) is 0 Å². The molecule has 0 spiro atoms. The molecule has 0 saturated carbocycles. The standard InChI is InChI=1S/C14H18N2O3S/c1-8-12(14(18)19)20-13(16-8)9(2)15-11(17)7-10-5-3-4-6-10/h3,5,9-10H,4,6-7H2,1-2H3,(H,15,17)(H,18,19). The molecule has 0 aromatic carbocycles. The molecule has 2 N–H and O–H groups in total. The highest BCUT2D eigenvalue weighted by Crippen LogP contribution is 2.24. The van der Waals surface area contributed by atoms with E-state index in [9.17, 15) is 9.59 Å². The summed E-state index contributed by atoms with van der Waals surface area (Å²) in [5, 5.41) is 12.5. The number of carboxylic acids is 1. The average molecular weight is 294 g/mol. The second-order valence-corrected chi connectivity index (χ2v) is 6.06. The molecule has 2 unspecified atom stereocenters. The molecule has 0 fully saturated rings. The Morgan fingerprint density at radius 1 is 1.60 bits per heavy atom. The summed E-state index contributed by atoms with van der Waals surface area (Å²) in [5.74, 6) is -0.658. The summed E-state index contributed by atoms with van der Waals surface area (Å²) in [6.07, 6.45) is 6.74. The lowest BCUT2D eigenvalue weighted by molar-refractivity contribution is -0.122. The number of aromatic carboxylic acids is 1. The summed E-state index contributed by atoms with van der Waals surface area (Å²) >= 11 is 1.12. The van der Waals surface area contributed by atoms with Gasteiger partial charge >= 0.3 is 5.97 Å². The number of thiazole rings is 1. The number of amides is 1. The molecule has 6 heteroatoms. The maximum Gasteiger partial charge on any atom is 0.347 e. The third-order valence-electron chi connectivity index (χ3n) is 3.32. The number of carbonyl (C=O) groups excluding carboxylic acids is 1. The molecule has 1 aromatic rings. The lowest BCUT2D eigenvalue weighted by Gasteiger charge is -2.13. The lowest BCUT2D eigenvalue weighted by atomic mass is 10.0. The van der Waals surface area contributed by atoms with Crippen molar-refractivity contribution in [3.63, 3.8) is 0 Å². The zero-order valence-electron chi connectivity index (χ0n) is 11.5. The molecule has 0 aliphatic heterocycles. The number of aryl methyl sites for hydroxylation is 1. The first kappa shape index (κ1) is 14.7. The second kappa shape index (κ2) is 6.17. The summed E-state index contributed by atoms with van der Waals surface area (Å²) in [6.45, 7) is 3.49. The number of aromatic nitrogens is 1. The lowest BCUT2D eigenvalue weighted by Crippen LogP contribution is -2.27. The van der Waals surface area contributed by atoms with Crippen molar-refractivity contribution in [1.82, 2.24) is 10.3 Å². The molecule has 1 aromatic heterocycles. The van der Waals surface area contributed by atoms with Crippen LogP contribution in [0.25, 0.3) is 0 Å². The minimum atomic E-state index is -0.971. The number of allylic oxidation sites excluding steroid dienone is 2. The van der Waals surface area contributed by atoms with Crippen LogP contribution in [-0.4, -0.2) is 22.0 Å². The number of rotatable bonds is 5. The van der Waals surface area contributed by atoms with Crippen molar-refractivity contribution in [2.24, 2.45) is 5.92 Å². The van der Waals surface area contributed by atoms with Crippen LogP contribution in [0.1, 0.15) is 52.6 Å². The van der Waals surface area contributed by atoms with E-state index < -0.39 is 5.97 Å². The normalized spacial score (nSPS) is 19.0. The molecule has 20 heavy (non-hydrogen) atoms. The van der Waals surface area contributed by atoms with Gasteiger partial charge in [-0.3, -0.25) is 4.79 Å². The topological polar surface area (TPSA) is 79.3 Å². The molecule has 0 radical (unpaired) electrons. The van der Waals surface area contributed by atoms with Crippen molar-refractivity contribution in [2.75, 3.05) is 0 Å². The zero-order chi connectivity index (χ0) is 14.7. The highest BCUT2D eigenvalue weighted by atomic mass is 32.1. The fraction of sp³-hybridized carbons (Fsp3) is 0.500. The van der Waals surface area contributed by atoms with Crippen molar-refractivity contribution in [1.29, 1.82) is 0 Å². The Kier molecular flexibility index (Phi) is 4.54. The fourth-order valence-electron chi connectivity index (χ4n) is 2.27. The van der Waals surface area contributed by atoms with E-state index in [1.807, 2.05) is 6.92 Å². The van der Waals surface area contributed by atoms with Gasteiger partial charge in [0, 0.05) is 6.42 Å². The minimum Gasteiger partial charge on any atom is -0.477 e. The Labute approximate surface area is 121 Å². The first-order valence-corrected chi connectivity index (χ1v) is 7.45. The van der Waals surface area contributed by atoms with Gasteiger partial charge in [-0.05, 0) is 32.6 Å². The number of nitrogens with one attached hydrogen (secondary N) is 1. The molecule has 1 aliphatic carbocycles. The quantitative estimate of drug-likeness (QED) is 0.818. The Bertz CT molecular complexity index is 551. The molecule has 0 saturated heterocycles. The second-order valence-electron chi connectivity index (χ2n) is 5.03. The van der Waals surface area contributed by atoms with E-state index in [2.05, 4.69) is 22.5 Å². The Balaban J connectivity index is 1.95. The molecule has 5 nitrogen and oxygen atoms in total. The van der Waals surface area contributed by atoms with Gasteiger partial charge in [0.1, 0.15) is 9.88 Å². The SMILES string of the molecule is Cc1nc(C(C)NC(=O)CC2C=CCC2)sc1C(=O)O. The van der Waals surface area contributed by atoms with Crippen molar-refractivity contribution in [3.8, 4) is 0 Å². The predicted molar refractivity (Wildman–Crippen MR) is 76.8 cm³/mol. The molecule has 1 amide bonds. The highest BCUT2D eigenvalue weighted by molar-refractivity contribution is 7.13. The van der Waals surface area contributed by atoms with Crippen LogP contribution in [0.4, 0.5) is 0 Å². The third-order valence-corrected chi connectivity index (χ3v) is 4.64. The van der Waals surface area contributed by atoms with Gasteiger partial charge < -0.3 is 10.4 Å². The van der Waals surface area contributed by atoms with Crippen LogP contribution in [0.3, 0.4) is 0 Å². The van der Waals surface area contributed by atoms with E-state index in [4.69, 9.17) is 5.11 Å². The fourth-order valence-corrected chi connectivity index (χ4v) is 3.17. The molecule has 0 bridgehead atoms. The molecule has 1 aliphatic rings. The molecule has 1 heterocycles. The third kappa shape index (κ3) is 3.45. The van der Waals surface area contributed by atoms with E-state index in [0.29, 0.717) is 23.0 Å². The average Bonchev–Trinajstić information content (AvgIpc) is 2.98. The van der Waals surface area contributed by atoms with E-state index in [1.54, 1.807) is 6.92 Å². The number of carboxylic acid groups (broad SMARTS) is 1.